The molecule has 0 atom stereocenters. The molecule has 0 aromatic heterocycles. The van der Waals surface area contributed by atoms with E-state index >= 15 is 0 Å². The zero-order valence-corrected chi connectivity index (χ0v) is 17.7. The van der Waals surface area contributed by atoms with Crippen LogP contribution in [-0.4, -0.2) is 72.6 Å². The van der Waals surface area contributed by atoms with Gasteiger partial charge in [-0.2, -0.15) is 11.8 Å². The number of carbonyl (C=O) groups excluding carboxylic acids is 1. The number of hydrogen-bond acceptors (Lipinski definition) is 5. The number of piperidine rings is 1. The highest BCUT2D eigenvalue weighted by atomic mass is 32.2. The van der Waals surface area contributed by atoms with Crippen LogP contribution in [0.4, 0.5) is 0 Å². The lowest BCUT2D eigenvalue weighted by molar-refractivity contribution is 0.0703. The van der Waals surface area contributed by atoms with E-state index in [9.17, 15) is 4.79 Å². The fourth-order valence-corrected chi connectivity index (χ4v) is 5.55. The molecule has 1 aromatic carbocycles. The molecule has 0 bridgehead atoms. The van der Waals surface area contributed by atoms with E-state index in [0.717, 1.165) is 56.6 Å². The van der Waals surface area contributed by atoms with Gasteiger partial charge in [0.1, 0.15) is 17.6 Å². The van der Waals surface area contributed by atoms with Crippen LogP contribution in [0.3, 0.4) is 0 Å². The smallest absolute Gasteiger partial charge is 0.257 e. The maximum absolute atomic E-state index is 13.1. The second kappa shape index (κ2) is 9.40. The summed E-state index contributed by atoms with van der Waals surface area (Å²) in [6.07, 6.45) is 7.75. The van der Waals surface area contributed by atoms with Crippen LogP contribution in [0.5, 0.6) is 11.5 Å². The maximum Gasteiger partial charge on any atom is 0.257 e. The Balaban J connectivity index is 1.43. The van der Waals surface area contributed by atoms with Crippen molar-refractivity contribution in [2.24, 2.45) is 0 Å². The van der Waals surface area contributed by atoms with Crippen LogP contribution < -0.4 is 9.47 Å². The van der Waals surface area contributed by atoms with E-state index in [4.69, 9.17) is 9.47 Å². The number of ether oxygens (including phenoxy) is 2. The molecule has 1 aliphatic carbocycles. The number of thioether (sulfide) groups is 1. The third-order valence-electron chi connectivity index (χ3n) is 6.33. The van der Waals surface area contributed by atoms with Crippen molar-refractivity contribution in [3.63, 3.8) is 0 Å². The van der Waals surface area contributed by atoms with Gasteiger partial charge in [-0.05, 0) is 43.9 Å². The van der Waals surface area contributed by atoms with Crippen LogP contribution in [0.15, 0.2) is 18.2 Å². The Labute approximate surface area is 172 Å². The molecule has 2 saturated heterocycles. The van der Waals surface area contributed by atoms with Gasteiger partial charge in [-0.3, -0.25) is 4.79 Å². The van der Waals surface area contributed by atoms with Gasteiger partial charge in [-0.1, -0.05) is 12.8 Å². The summed E-state index contributed by atoms with van der Waals surface area (Å²) in [5.41, 5.74) is 0.643. The molecule has 0 unspecified atom stereocenters. The van der Waals surface area contributed by atoms with Crippen molar-refractivity contribution in [3.8, 4) is 11.5 Å². The van der Waals surface area contributed by atoms with Crippen LogP contribution >= 0.6 is 11.8 Å². The summed E-state index contributed by atoms with van der Waals surface area (Å²) in [5.74, 6) is 3.50. The molecule has 1 amide bonds. The molecular formula is C22H32N2O3S. The first-order valence-corrected chi connectivity index (χ1v) is 11.9. The van der Waals surface area contributed by atoms with Crippen LogP contribution in [0.2, 0.25) is 0 Å². The number of likely N-dealkylation sites (tertiary alicyclic amines) is 1. The van der Waals surface area contributed by atoms with E-state index < -0.39 is 0 Å². The third-order valence-corrected chi connectivity index (χ3v) is 7.27. The minimum absolute atomic E-state index is 0.0672. The van der Waals surface area contributed by atoms with Crippen molar-refractivity contribution in [1.29, 1.82) is 0 Å². The molecule has 2 heterocycles. The number of benzene rings is 1. The molecule has 3 fully saturated rings. The van der Waals surface area contributed by atoms with E-state index in [0.29, 0.717) is 17.1 Å². The van der Waals surface area contributed by atoms with E-state index in [-0.39, 0.29) is 12.0 Å². The molecule has 3 aliphatic rings. The number of nitrogens with zero attached hydrogens (tertiary/aromatic N) is 2. The molecule has 1 saturated carbocycles. The summed E-state index contributed by atoms with van der Waals surface area (Å²) in [5, 5.41) is 0. The van der Waals surface area contributed by atoms with Crippen molar-refractivity contribution in [2.45, 2.75) is 50.7 Å². The lowest BCUT2D eigenvalue weighted by Crippen LogP contribution is -2.43. The average Bonchev–Trinajstić information content (AvgIpc) is 3.30. The second-order valence-electron chi connectivity index (χ2n) is 8.06. The summed E-state index contributed by atoms with van der Waals surface area (Å²) in [6.45, 7) is 3.83. The highest BCUT2D eigenvalue weighted by Crippen LogP contribution is 2.31. The first-order chi connectivity index (χ1) is 13.7. The summed E-state index contributed by atoms with van der Waals surface area (Å²) in [4.78, 5) is 17.7. The molecule has 0 radical (unpaired) electrons. The Morgan fingerprint density at radius 1 is 1.04 bits per heavy atom. The predicted octanol–water partition coefficient (Wildman–Crippen LogP) is 3.67. The van der Waals surface area contributed by atoms with Gasteiger partial charge < -0.3 is 19.3 Å². The Kier molecular flexibility index (Phi) is 6.68. The Hall–Kier alpha value is -1.40. The van der Waals surface area contributed by atoms with E-state index in [1.54, 1.807) is 7.11 Å². The number of rotatable bonds is 5. The lowest BCUT2D eigenvalue weighted by Gasteiger charge is -2.36. The first kappa shape index (κ1) is 19.9. The lowest BCUT2D eigenvalue weighted by atomic mass is 10.0. The standard InChI is InChI=1S/C22H32N2O3S/c1-26-19-6-7-21(20(16-19)22(25)24-12-14-28-15-13-24)27-18-8-10-23(11-9-18)17-4-2-3-5-17/h6-7,16-18H,2-5,8-15H2,1H3. The number of hydrogen-bond donors (Lipinski definition) is 0. The van der Waals surface area contributed by atoms with Crippen molar-refractivity contribution in [1.82, 2.24) is 9.80 Å². The molecule has 6 heteroatoms. The Morgan fingerprint density at radius 2 is 1.75 bits per heavy atom. The first-order valence-electron chi connectivity index (χ1n) is 10.7. The molecule has 5 nitrogen and oxygen atoms in total. The van der Waals surface area contributed by atoms with Gasteiger partial charge in [0.2, 0.25) is 0 Å². The second-order valence-corrected chi connectivity index (χ2v) is 9.28. The fraction of sp³-hybridized carbons (Fsp3) is 0.682. The van der Waals surface area contributed by atoms with Crippen molar-refractivity contribution in [3.05, 3.63) is 23.8 Å². The largest absolute Gasteiger partial charge is 0.497 e. The molecule has 0 N–H and O–H groups in total. The number of amides is 1. The van der Waals surface area contributed by atoms with Crippen LogP contribution in [0.25, 0.3) is 0 Å². The van der Waals surface area contributed by atoms with E-state index in [2.05, 4.69) is 4.90 Å². The van der Waals surface area contributed by atoms with Crippen molar-refractivity contribution >= 4 is 17.7 Å². The molecule has 0 spiro atoms. The zero-order valence-electron chi connectivity index (χ0n) is 16.9. The summed E-state index contributed by atoms with van der Waals surface area (Å²) in [7, 11) is 1.64. The van der Waals surface area contributed by atoms with E-state index in [1.807, 2.05) is 34.9 Å². The van der Waals surface area contributed by atoms with Gasteiger partial charge in [0.15, 0.2) is 0 Å². The van der Waals surface area contributed by atoms with Gasteiger partial charge in [-0.25, -0.2) is 0 Å². The highest BCUT2D eigenvalue weighted by Gasteiger charge is 2.29. The van der Waals surface area contributed by atoms with Gasteiger partial charge >= 0.3 is 0 Å². The molecule has 154 valence electrons. The molecular weight excluding hydrogens is 372 g/mol. The van der Waals surface area contributed by atoms with Crippen molar-refractivity contribution < 1.29 is 14.3 Å². The fourth-order valence-electron chi connectivity index (χ4n) is 4.65. The monoisotopic (exact) mass is 404 g/mol. The SMILES string of the molecule is COc1ccc(OC2CCN(C3CCCC3)CC2)c(C(=O)N2CCSCC2)c1. The topological polar surface area (TPSA) is 42.0 Å². The van der Waals surface area contributed by atoms with E-state index in [1.165, 1.54) is 25.7 Å². The zero-order chi connectivity index (χ0) is 19.3. The normalized spacial score (nSPS) is 22.4. The van der Waals surface area contributed by atoms with Crippen molar-refractivity contribution in [2.75, 3.05) is 44.8 Å². The number of carbonyl (C=O) groups is 1. The predicted molar refractivity (Wildman–Crippen MR) is 114 cm³/mol. The summed E-state index contributed by atoms with van der Waals surface area (Å²) < 4.78 is 11.7. The Morgan fingerprint density at radius 3 is 2.43 bits per heavy atom. The summed E-state index contributed by atoms with van der Waals surface area (Å²) in [6, 6.07) is 6.43. The summed E-state index contributed by atoms with van der Waals surface area (Å²) >= 11 is 1.91. The molecule has 28 heavy (non-hydrogen) atoms. The van der Waals surface area contributed by atoms with Gasteiger partial charge in [0.25, 0.3) is 5.91 Å². The van der Waals surface area contributed by atoms with Crippen LogP contribution in [0.1, 0.15) is 48.9 Å². The molecule has 1 aromatic rings. The Bertz CT molecular complexity index is 664. The van der Waals surface area contributed by atoms with Gasteiger partial charge in [0, 0.05) is 43.7 Å². The van der Waals surface area contributed by atoms with Gasteiger partial charge in [-0.15, -0.1) is 0 Å². The van der Waals surface area contributed by atoms with Crippen LogP contribution in [0, 0.1) is 0 Å². The van der Waals surface area contributed by atoms with Gasteiger partial charge in [0.05, 0.1) is 12.7 Å². The third kappa shape index (κ3) is 4.60. The molecule has 2 aliphatic heterocycles. The maximum atomic E-state index is 13.1. The average molecular weight is 405 g/mol. The highest BCUT2D eigenvalue weighted by molar-refractivity contribution is 7.99. The number of methoxy groups -OCH3 is 1. The quantitative estimate of drug-likeness (QED) is 0.749. The minimum atomic E-state index is 0.0672. The minimum Gasteiger partial charge on any atom is -0.497 e. The molecule has 4 rings (SSSR count). The van der Waals surface area contributed by atoms with Crippen LogP contribution in [-0.2, 0) is 0 Å².